The van der Waals surface area contributed by atoms with Gasteiger partial charge in [0.1, 0.15) is 11.5 Å². The standard InChI is InChI=1S/C31H32N2O3/c1-32-26-16-10-9-15-24(26)28(29(32)25-19-21(35-2)17-18-27(25)36-3)30-22-13-7-8-14-23(22)31(34)33(30)20-11-5-4-6-12-20/h7-10,13-20,30H,4-6,11-12H2,1-3H3/t30-/m0/s1. The first kappa shape index (κ1) is 22.7. The molecule has 0 bridgehead atoms. The fourth-order valence-electron chi connectivity index (χ4n) is 6.39. The number of para-hydroxylation sites is 1. The van der Waals surface area contributed by atoms with Gasteiger partial charge in [-0.3, -0.25) is 4.79 Å². The van der Waals surface area contributed by atoms with Gasteiger partial charge in [0.25, 0.3) is 5.91 Å². The molecule has 1 saturated carbocycles. The quantitative estimate of drug-likeness (QED) is 0.318. The van der Waals surface area contributed by atoms with E-state index in [0.717, 1.165) is 63.2 Å². The molecule has 1 atom stereocenters. The molecule has 3 aromatic carbocycles. The van der Waals surface area contributed by atoms with Crippen LogP contribution in [0.25, 0.3) is 22.2 Å². The van der Waals surface area contributed by atoms with E-state index in [2.05, 4.69) is 52.9 Å². The van der Waals surface area contributed by atoms with E-state index in [1.807, 2.05) is 30.3 Å². The maximum Gasteiger partial charge on any atom is 0.255 e. The average molecular weight is 481 g/mol. The molecule has 184 valence electrons. The van der Waals surface area contributed by atoms with E-state index in [9.17, 15) is 4.79 Å². The number of hydrogen-bond acceptors (Lipinski definition) is 3. The number of aromatic nitrogens is 1. The summed E-state index contributed by atoms with van der Waals surface area (Å²) in [6, 6.07) is 22.7. The van der Waals surface area contributed by atoms with E-state index < -0.39 is 0 Å². The summed E-state index contributed by atoms with van der Waals surface area (Å²) in [5.74, 6) is 1.71. The van der Waals surface area contributed by atoms with Crippen LogP contribution in [0, 0.1) is 0 Å². The first-order valence-electron chi connectivity index (χ1n) is 12.8. The molecule has 1 fully saturated rings. The maximum atomic E-state index is 14.0. The summed E-state index contributed by atoms with van der Waals surface area (Å²) in [5, 5.41) is 1.16. The number of benzene rings is 3. The lowest BCUT2D eigenvalue weighted by molar-refractivity contribution is 0.0613. The van der Waals surface area contributed by atoms with Crippen LogP contribution in [0.3, 0.4) is 0 Å². The Labute approximate surface area is 212 Å². The molecule has 4 aromatic rings. The van der Waals surface area contributed by atoms with Gasteiger partial charge < -0.3 is 18.9 Å². The van der Waals surface area contributed by atoms with Crippen molar-refractivity contribution in [3.05, 3.63) is 83.4 Å². The van der Waals surface area contributed by atoms with Crippen LogP contribution in [-0.4, -0.2) is 35.6 Å². The molecule has 5 nitrogen and oxygen atoms in total. The van der Waals surface area contributed by atoms with Gasteiger partial charge in [0.15, 0.2) is 0 Å². The highest BCUT2D eigenvalue weighted by atomic mass is 16.5. The number of carbonyl (C=O) groups excluding carboxylic acids is 1. The third kappa shape index (κ3) is 3.41. The molecule has 36 heavy (non-hydrogen) atoms. The van der Waals surface area contributed by atoms with Crippen LogP contribution < -0.4 is 9.47 Å². The van der Waals surface area contributed by atoms with Gasteiger partial charge in [0, 0.05) is 40.7 Å². The molecule has 1 aromatic heterocycles. The number of aryl methyl sites for hydroxylation is 1. The molecule has 0 spiro atoms. The van der Waals surface area contributed by atoms with Crippen molar-refractivity contribution >= 4 is 16.8 Å². The van der Waals surface area contributed by atoms with Gasteiger partial charge in [0.05, 0.1) is 26.0 Å². The van der Waals surface area contributed by atoms with Gasteiger partial charge in [0.2, 0.25) is 0 Å². The third-order valence-corrected chi connectivity index (χ3v) is 8.05. The first-order chi connectivity index (χ1) is 17.6. The van der Waals surface area contributed by atoms with Crippen LogP contribution in [0.2, 0.25) is 0 Å². The summed E-state index contributed by atoms with van der Waals surface area (Å²) < 4.78 is 13.7. The Kier molecular flexibility index (Phi) is 5.71. The molecular weight excluding hydrogens is 448 g/mol. The predicted molar refractivity (Wildman–Crippen MR) is 143 cm³/mol. The molecular formula is C31H32N2O3. The van der Waals surface area contributed by atoms with Crippen molar-refractivity contribution in [2.75, 3.05) is 14.2 Å². The summed E-state index contributed by atoms with van der Waals surface area (Å²) in [6.07, 6.45) is 5.70. The molecule has 1 aliphatic heterocycles. The second-order valence-corrected chi connectivity index (χ2v) is 9.90. The highest BCUT2D eigenvalue weighted by Gasteiger charge is 2.44. The summed E-state index contributed by atoms with van der Waals surface area (Å²) in [7, 11) is 5.49. The van der Waals surface area contributed by atoms with Crippen LogP contribution in [-0.2, 0) is 7.05 Å². The minimum absolute atomic E-state index is 0.152. The summed E-state index contributed by atoms with van der Waals surface area (Å²) in [5.41, 5.74) is 6.22. The normalized spacial score (nSPS) is 18.0. The number of amides is 1. The predicted octanol–water partition coefficient (Wildman–Crippen LogP) is 6.74. The maximum absolute atomic E-state index is 14.0. The fourth-order valence-corrected chi connectivity index (χ4v) is 6.39. The number of fused-ring (bicyclic) bond motifs is 2. The molecule has 1 amide bonds. The smallest absolute Gasteiger partial charge is 0.255 e. The zero-order valence-corrected chi connectivity index (χ0v) is 21.2. The Morgan fingerprint density at radius 3 is 2.36 bits per heavy atom. The van der Waals surface area contributed by atoms with Gasteiger partial charge in [-0.15, -0.1) is 0 Å². The van der Waals surface area contributed by atoms with Crippen LogP contribution >= 0.6 is 0 Å². The Morgan fingerprint density at radius 1 is 0.833 bits per heavy atom. The molecule has 5 heteroatoms. The number of carbonyl (C=O) groups is 1. The van der Waals surface area contributed by atoms with E-state index in [1.54, 1.807) is 14.2 Å². The van der Waals surface area contributed by atoms with Crippen LogP contribution in [0.15, 0.2) is 66.7 Å². The largest absolute Gasteiger partial charge is 0.497 e. The average Bonchev–Trinajstić information content (AvgIpc) is 3.39. The van der Waals surface area contributed by atoms with Gasteiger partial charge in [-0.2, -0.15) is 0 Å². The molecule has 0 unspecified atom stereocenters. The monoisotopic (exact) mass is 480 g/mol. The lowest BCUT2D eigenvalue weighted by Gasteiger charge is -2.36. The highest BCUT2D eigenvalue weighted by molar-refractivity contribution is 6.02. The lowest BCUT2D eigenvalue weighted by Crippen LogP contribution is -2.40. The lowest BCUT2D eigenvalue weighted by atomic mass is 9.89. The highest BCUT2D eigenvalue weighted by Crippen LogP contribution is 2.50. The van der Waals surface area contributed by atoms with E-state index in [0.29, 0.717) is 0 Å². The van der Waals surface area contributed by atoms with Crippen LogP contribution in [0.1, 0.15) is 59.6 Å². The van der Waals surface area contributed by atoms with E-state index in [1.165, 1.54) is 19.3 Å². The minimum atomic E-state index is -0.159. The molecule has 0 N–H and O–H groups in total. The number of ether oxygens (including phenoxy) is 2. The van der Waals surface area contributed by atoms with Gasteiger partial charge >= 0.3 is 0 Å². The molecule has 0 radical (unpaired) electrons. The van der Waals surface area contributed by atoms with Crippen molar-refractivity contribution < 1.29 is 14.3 Å². The SMILES string of the molecule is COc1ccc(OC)c(-c2c([C@@H]3c4ccccc4C(=O)N3C3CCCCC3)c3ccccc3n2C)c1. The van der Waals surface area contributed by atoms with Crippen LogP contribution in [0.4, 0.5) is 0 Å². The van der Waals surface area contributed by atoms with Crippen molar-refractivity contribution in [3.63, 3.8) is 0 Å². The zero-order valence-electron chi connectivity index (χ0n) is 21.2. The molecule has 1 aliphatic carbocycles. The summed E-state index contributed by atoms with van der Waals surface area (Å²) >= 11 is 0. The second-order valence-electron chi connectivity index (χ2n) is 9.90. The second kappa shape index (κ2) is 9.05. The van der Waals surface area contributed by atoms with Crippen molar-refractivity contribution in [2.24, 2.45) is 7.05 Å². The number of nitrogens with zero attached hydrogens (tertiary/aromatic N) is 2. The van der Waals surface area contributed by atoms with E-state index in [-0.39, 0.29) is 18.0 Å². The number of methoxy groups -OCH3 is 2. The van der Waals surface area contributed by atoms with Gasteiger partial charge in [-0.25, -0.2) is 0 Å². The number of hydrogen-bond donors (Lipinski definition) is 0. The topological polar surface area (TPSA) is 43.7 Å². The van der Waals surface area contributed by atoms with Crippen molar-refractivity contribution in [1.82, 2.24) is 9.47 Å². The first-order valence-corrected chi connectivity index (χ1v) is 12.8. The molecule has 2 heterocycles. The van der Waals surface area contributed by atoms with E-state index >= 15 is 0 Å². The van der Waals surface area contributed by atoms with Gasteiger partial charge in [-0.1, -0.05) is 55.7 Å². The summed E-state index contributed by atoms with van der Waals surface area (Å²) in [4.78, 5) is 16.2. The van der Waals surface area contributed by atoms with Crippen molar-refractivity contribution in [1.29, 1.82) is 0 Å². The van der Waals surface area contributed by atoms with E-state index in [4.69, 9.17) is 9.47 Å². The molecule has 2 aliphatic rings. The van der Waals surface area contributed by atoms with Crippen LogP contribution in [0.5, 0.6) is 11.5 Å². The molecule has 0 saturated heterocycles. The zero-order chi connectivity index (χ0) is 24.8. The van der Waals surface area contributed by atoms with Gasteiger partial charge in [-0.05, 0) is 48.7 Å². The van der Waals surface area contributed by atoms with Crippen molar-refractivity contribution in [3.8, 4) is 22.8 Å². The third-order valence-electron chi connectivity index (χ3n) is 8.05. The Morgan fingerprint density at radius 2 is 1.58 bits per heavy atom. The Balaban J connectivity index is 1.67. The Bertz CT molecular complexity index is 1450. The van der Waals surface area contributed by atoms with Crippen molar-refractivity contribution in [2.45, 2.75) is 44.2 Å². The number of rotatable bonds is 5. The summed E-state index contributed by atoms with van der Waals surface area (Å²) in [6.45, 7) is 0. The Hall–Kier alpha value is -3.73. The minimum Gasteiger partial charge on any atom is -0.497 e. The molecule has 6 rings (SSSR count). The fraction of sp³-hybridized carbons (Fsp3) is 0.323.